The van der Waals surface area contributed by atoms with Crippen LogP contribution < -0.4 is 5.73 Å². The zero-order valence-electron chi connectivity index (χ0n) is 11.5. The zero-order chi connectivity index (χ0) is 12.1. The molecule has 1 saturated heterocycles. The van der Waals surface area contributed by atoms with Gasteiger partial charge in [0, 0.05) is 18.6 Å². The van der Waals surface area contributed by atoms with Crippen LogP contribution in [0.4, 0.5) is 0 Å². The Morgan fingerprint density at radius 2 is 1.94 bits per heavy atom. The highest BCUT2D eigenvalue weighted by atomic mass is 15.2. The summed E-state index contributed by atoms with van der Waals surface area (Å²) in [6, 6.07) is 1.29. The summed E-state index contributed by atoms with van der Waals surface area (Å²) < 4.78 is 0. The van der Waals surface area contributed by atoms with E-state index in [1.54, 1.807) is 0 Å². The summed E-state index contributed by atoms with van der Waals surface area (Å²) in [7, 11) is 0. The van der Waals surface area contributed by atoms with Gasteiger partial charge in [-0.3, -0.25) is 4.90 Å². The molecule has 0 radical (unpaired) electrons. The molecule has 100 valence electrons. The summed E-state index contributed by atoms with van der Waals surface area (Å²) in [5, 5.41) is 0. The maximum Gasteiger partial charge on any atom is 0.0168 e. The lowest BCUT2D eigenvalue weighted by Gasteiger charge is -2.37. The molecule has 0 bridgehead atoms. The fourth-order valence-electron chi connectivity index (χ4n) is 3.79. The molecule has 1 heterocycles. The quantitative estimate of drug-likeness (QED) is 0.765. The molecule has 2 aliphatic rings. The van der Waals surface area contributed by atoms with Crippen LogP contribution in [0.2, 0.25) is 0 Å². The van der Waals surface area contributed by atoms with E-state index in [9.17, 15) is 0 Å². The highest BCUT2D eigenvalue weighted by Crippen LogP contribution is 2.30. The van der Waals surface area contributed by atoms with Crippen molar-refractivity contribution in [1.29, 1.82) is 0 Å². The third kappa shape index (κ3) is 3.96. The summed E-state index contributed by atoms with van der Waals surface area (Å²) >= 11 is 0. The minimum absolute atomic E-state index is 0.443. The number of hydrogen-bond donors (Lipinski definition) is 1. The standard InChI is InChI=1S/C15H30N2/c1-2-5-13-6-3-8-15(10-9-13)17-11-4-7-14(16)12-17/h13-15H,2-12,16H2,1H3. The first-order chi connectivity index (χ1) is 8.29. The van der Waals surface area contributed by atoms with E-state index in [0.717, 1.165) is 18.5 Å². The molecule has 2 fully saturated rings. The number of piperidine rings is 1. The van der Waals surface area contributed by atoms with Gasteiger partial charge in [-0.15, -0.1) is 0 Å². The molecule has 0 amide bonds. The van der Waals surface area contributed by atoms with Gasteiger partial charge in [0.2, 0.25) is 0 Å². The Bertz CT molecular complexity index is 217. The van der Waals surface area contributed by atoms with Crippen molar-refractivity contribution in [2.24, 2.45) is 11.7 Å². The van der Waals surface area contributed by atoms with Gasteiger partial charge in [-0.05, 0) is 44.6 Å². The van der Waals surface area contributed by atoms with Crippen LogP contribution in [0.25, 0.3) is 0 Å². The average Bonchev–Trinajstić information content (AvgIpc) is 2.55. The molecule has 2 rings (SSSR count). The largest absolute Gasteiger partial charge is 0.327 e. The lowest BCUT2D eigenvalue weighted by atomic mass is 9.95. The van der Waals surface area contributed by atoms with Gasteiger partial charge in [0.15, 0.2) is 0 Å². The molecule has 1 aliphatic heterocycles. The third-order valence-electron chi connectivity index (χ3n) is 4.76. The van der Waals surface area contributed by atoms with Gasteiger partial charge in [0.1, 0.15) is 0 Å². The van der Waals surface area contributed by atoms with Gasteiger partial charge < -0.3 is 5.73 Å². The lowest BCUT2D eigenvalue weighted by molar-refractivity contribution is 0.135. The number of likely N-dealkylation sites (tertiary alicyclic amines) is 1. The summed E-state index contributed by atoms with van der Waals surface area (Å²) in [5.41, 5.74) is 6.10. The van der Waals surface area contributed by atoms with E-state index in [1.165, 1.54) is 64.3 Å². The average molecular weight is 238 g/mol. The summed E-state index contributed by atoms with van der Waals surface area (Å²) in [6.07, 6.45) is 12.6. The number of nitrogens with two attached hydrogens (primary N) is 1. The normalized spacial score (nSPS) is 36.7. The van der Waals surface area contributed by atoms with Crippen LogP contribution in [-0.4, -0.2) is 30.1 Å². The van der Waals surface area contributed by atoms with Crippen LogP contribution in [0, 0.1) is 5.92 Å². The van der Waals surface area contributed by atoms with Gasteiger partial charge in [-0.2, -0.15) is 0 Å². The molecular formula is C15H30N2. The number of nitrogens with zero attached hydrogens (tertiary/aromatic N) is 1. The van der Waals surface area contributed by atoms with Crippen molar-refractivity contribution < 1.29 is 0 Å². The molecule has 1 aliphatic carbocycles. The maximum atomic E-state index is 6.10. The molecule has 1 saturated carbocycles. The van der Waals surface area contributed by atoms with E-state index >= 15 is 0 Å². The van der Waals surface area contributed by atoms with Crippen molar-refractivity contribution in [3.63, 3.8) is 0 Å². The molecule has 0 aromatic carbocycles. The Morgan fingerprint density at radius 1 is 1.06 bits per heavy atom. The van der Waals surface area contributed by atoms with Gasteiger partial charge in [0.25, 0.3) is 0 Å². The highest BCUT2D eigenvalue weighted by molar-refractivity contribution is 4.83. The Labute approximate surface area is 107 Å². The van der Waals surface area contributed by atoms with E-state index < -0.39 is 0 Å². The van der Waals surface area contributed by atoms with Crippen molar-refractivity contribution in [1.82, 2.24) is 4.90 Å². The molecular weight excluding hydrogens is 208 g/mol. The Morgan fingerprint density at radius 3 is 2.71 bits per heavy atom. The molecule has 17 heavy (non-hydrogen) atoms. The first-order valence-corrected chi connectivity index (χ1v) is 7.79. The predicted molar refractivity (Wildman–Crippen MR) is 74.1 cm³/mol. The Balaban J connectivity index is 1.81. The van der Waals surface area contributed by atoms with Gasteiger partial charge >= 0.3 is 0 Å². The smallest absolute Gasteiger partial charge is 0.0168 e. The first-order valence-electron chi connectivity index (χ1n) is 7.79. The van der Waals surface area contributed by atoms with Crippen LogP contribution in [-0.2, 0) is 0 Å². The molecule has 2 heteroatoms. The van der Waals surface area contributed by atoms with E-state index in [4.69, 9.17) is 5.73 Å². The van der Waals surface area contributed by atoms with E-state index in [2.05, 4.69) is 11.8 Å². The number of rotatable bonds is 3. The molecule has 0 aromatic heterocycles. The highest BCUT2D eigenvalue weighted by Gasteiger charge is 2.26. The fraction of sp³-hybridized carbons (Fsp3) is 1.00. The summed E-state index contributed by atoms with van der Waals surface area (Å²) in [4.78, 5) is 2.70. The third-order valence-corrected chi connectivity index (χ3v) is 4.76. The van der Waals surface area contributed by atoms with Crippen molar-refractivity contribution in [2.75, 3.05) is 13.1 Å². The number of hydrogen-bond acceptors (Lipinski definition) is 2. The van der Waals surface area contributed by atoms with Crippen molar-refractivity contribution in [2.45, 2.75) is 76.8 Å². The second kappa shape index (κ2) is 6.75. The van der Waals surface area contributed by atoms with Crippen LogP contribution in [0.15, 0.2) is 0 Å². The monoisotopic (exact) mass is 238 g/mol. The van der Waals surface area contributed by atoms with Crippen LogP contribution in [0.5, 0.6) is 0 Å². The SMILES string of the molecule is CCCC1CCCC(N2CCCC(N)C2)CC1. The van der Waals surface area contributed by atoms with Crippen molar-refractivity contribution in [3.05, 3.63) is 0 Å². The molecule has 0 aromatic rings. The van der Waals surface area contributed by atoms with Crippen LogP contribution in [0.1, 0.15) is 64.7 Å². The van der Waals surface area contributed by atoms with Gasteiger partial charge in [0.05, 0.1) is 0 Å². The molecule has 3 atom stereocenters. The minimum atomic E-state index is 0.443. The second-order valence-electron chi connectivity index (χ2n) is 6.21. The molecule has 0 spiro atoms. The van der Waals surface area contributed by atoms with Gasteiger partial charge in [-0.25, -0.2) is 0 Å². The fourth-order valence-corrected chi connectivity index (χ4v) is 3.79. The van der Waals surface area contributed by atoms with Crippen molar-refractivity contribution in [3.8, 4) is 0 Å². The lowest BCUT2D eigenvalue weighted by Crippen LogP contribution is -2.47. The summed E-state index contributed by atoms with van der Waals surface area (Å²) in [6.45, 7) is 4.78. The topological polar surface area (TPSA) is 29.3 Å². The molecule has 3 unspecified atom stereocenters. The van der Waals surface area contributed by atoms with Gasteiger partial charge in [-0.1, -0.05) is 32.6 Å². The predicted octanol–water partition coefficient (Wildman–Crippen LogP) is 3.16. The van der Waals surface area contributed by atoms with E-state index in [-0.39, 0.29) is 0 Å². The van der Waals surface area contributed by atoms with Crippen LogP contribution in [0.3, 0.4) is 0 Å². The second-order valence-corrected chi connectivity index (χ2v) is 6.21. The first kappa shape index (κ1) is 13.4. The zero-order valence-corrected chi connectivity index (χ0v) is 11.5. The van der Waals surface area contributed by atoms with E-state index in [1.807, 2.05) is 0 Å². The maximum absolute atomic E-state index is 6.10. The Hall–Kier alpha value is -0.0800. The Kier molecular flexibility index (Phi) is 5.30. The van der Waals surface area contributed by atoms with Crippen molar-refractivity contribution >= 4 is 0 Å². The van der Waals surface area contributed by atoms with Crippen LogP contribution >= 0.6 is 0 Å². The minimum Gasteiger partial charge on any atom is -0.327 e. The molecule has 2 N–H and O–H groups in total. The summed E-state index contributed by atoms with van der Waals surface area (Å²) in [5.74, 6) is 1.02. The van der Waals surface area contributed by atoms with E-state index in [0.29, 0.717) is 6.04 Å². The molecule has 2 nitrogen and oxygen atoms in total.